The molecule has 2 aromatic carbocycles. The summed E-state index contributed by atoms with van der Waals surface area (Å²) in [4.78, 5) is 4.66. The first-order valence-electron chi connectivity index (χ1n) is 8.99. The molecule has 5 nitrogen and oxygen atoms in total. The second-order valence-corrected chi connectivity index (χ2v) is 6.68. The Morgan fingerprint density at radius 3 is 2.46 bits per heavy atom. The van der Waals surface area contributed by atoms with Crippen LogP contribution in [0.1, 0.15) is 19.4 Å². The normalized spacial score (nSPS) is 10.4. The van der Waals surface area contributed by atoms with Crippen molar-refractivity contribution < 1.29 is 0 Å². The average molecular weight is 414 g/mol. The van der Waals surface area contributed by atoms with E-state index in [1.54, 1.807) is 16.8 Å². The number of hydrogen-bond acceptors (Lipinski definition) is 4. The number of anilines is 2. The molecule has 0 radical (unpaired) electrons. The van der Waals surface area contributed by atoms with Gasteiger partial charge in [-0.25, -0.2) is 4.98 Å². The van der Waals surface area contributed by atoms with E-state index in [0.717, 1.165) is 34.0 Å². The molecule has 2 aromatic heterocycles. The molecule has 0 amide bonds. The number of benzene rings is 2. The summed E-state index contributed by atoms with van der Waals surface area (Å²) in [5, 5.41) is 8.95. The second-order valence-electron chi connectivity index (χ2n) is 5.84. The van der Waals surface area contributed by atoms with Crippen molar-refractivity contribution in [3.63, 3.8) is 0 Å². The van der Waals surface area contributed by atoms with Gasteiger partial charge >= 0.3 is 0 Å². The highest BCUT2D eigenvalue weighted by Gasteiger charge is 2.09. The Labute approximate surface area is 174 Å². The maximum atomic E-state index is 6.26. The lowest BCUT2D eigenvalue weighted by Gasteiger charge is -2.12. The highest BCUT2D eigenvalue weighted by molar-refractivity contribution is 6.35. The van der Waals surface area contributed by atoms with Gasteiger partial charge in [0.25, 0.3) is 0 Å². The Hall–Kier alpha value is -2.76. The topological polar surface area (TPSA) is 68.2 Å². The summed E-state index contributed by atoms with van der Waals surface area (Å²) >= 11 is 12.2. The van der Waals surface area contributed by atoms with Crippen molar-refractivity contribution in [1.29, 1.82) is 0 Å². The van der Waals surface area contributed by atoms with Crippen molar-refractivity contribution in [2.75, 3.05) is 11.1 Å². The highest BCUT2D eigenvalue weighted by atomic mass is 35.5. The van der Waals surface area contributed by atoms with Gasteiger partial charge in [0.15, 0.2) is 5.65 Å². The van der Waals surface area contributed by atoms with Crippen molar-refractivity contribution in [3.8, 4) is 11.3 Å². The number of nitrogens with one attached hydrogen (secondary N) is 1. The number of hydrogen-bond donors (Lipinski definition) is 2. The fourth-order valence-electron chi connectivity index (χ4n) is 2.69. The van der Waals surface area contributed by atoms with Crippen LogP contribution in [-0.4, -0.2) is 14.6 Å². The van der Waals surface area contributed by atoms with E-state index in [1.165, 1.54) is 0 Å². The summed E-state index contributed by atoms with van der Waals surface area (Å²) in [6.45, 7) is 4.54. The fourth-order valence-corrected chi connectivity index (χ4v) is 3.17. The fraction of sp³-hybridized carbons (Fsp3) is 0.143. The van der Waals surface area contributed by atoms with Crippen LogP contribution in [0.2, 0.25) is 10.0 Å². The Balaban J connectivity index is 0.00000109. The van der Waals surface area contributed by atoms with Crippen LogP contribution in [0.3, 0.4) is 0 Å². The Morgan fingerprint density at radius 2 is 1.75 bits per heavy atom. The summed E-state index contributed by atoms with van der Waals surface area (Å²) in [5.41, 5.74) is 10.0. The SMILES string of the molecule is CC.Nc1ccc(-c2cc(NCc3ccc(Cl)cc3Cl)n3nccc3n2)cc1. The number of fused-ring (bicyclic) bond motifs is 1. The van der Waals surface area contributed by atoms with Crippen molar-refractivity contribution in [1.82, 2.24) is 14.6 Å². The number of nitrogens with two attached hydrogens (primary N) is 1. The molecule has 0 spiro atoms. The molecular weight excluding hydrogens is 393 g/mol. The molecule has 0 aliphatic carbocycles. The van der Waals surface area contributed by atoms with Crippen LogP contribution in [0.4, 0.5) is 11.5 Å². The summed E-state index contributed by atoms with van der Waals surface area (Å²) < 4.78 is 1.75. The molecule has 7 heteroatoms. The first kappa shape index (κ1) is 20.0. The molecule has 0 unspecified atom stereocenters. The maximum Gasteiger partial charge on any atom is 0.157 e. The molecule has 28 heavy (non-hydrogen) atoms. The molecule has 0 saturated heterocycles. The minimum Gasteiger partial charge on any atom is -0.399 e. The maximum absolute atomic E-state index is 6.26. The van der Waals surface area contributed by atoms with E-state index in [4.69, 9.17) is 28.9 Å². The molecule has 0 aliphatic rings. The van der Waals surface area contributed by atoms with Crippen LogP contribution >= 0.6 is 23.2 Å². The van der Waals surface area contributed by atoms with Gasteiger partial charge in [0.05, 0.1) is 11.9 Å². The van der Waals surface area contributed by atoms with Crippen LogP contribution in [0, 0.1) is 0 Å². The van der Waals surface area contributed by atoms with Gasteiger partial charge in [-0.05, 0) is 29.8 Å². The molecule has 0 saturated carbocycles. The molecule has 3 N–H and O–H groups in total. The predicted octanol–water partition coefficient (Wildman–Crippen LogP) is 5.92. The van der Waals surface area contributed by atoms with Crippen molar-refractivity contribution in [2.45, 2.75) is 20.4 Å². The van der Waals surface area contributed by atoms with E-state index in [0.29, 0.717) is 16.6 Å². The zero-order valence-corrected chi connectivity index (χ0v) is 17.2. The van der Waals surface area contributed by atoms with Gasteiger partial charge in [0, 0.05) is 40.0 Å². The zero-order chi connectivity index (χ0) is 20.1. The van der Waals surface area contributed by atoms with Crippen LogP contribution in [-0.2, 0) is 6.54 Å². The minimum absolute atomic E-state index is 0.538. The molecule has 0 atom stereocenters. The lowest BCUT2D eigenvalue weighted by atomic mass is 10.1. The largest absolute Gasteiger partial charge is 0.399 e. The summed E-state index contributed by atoms with van der Waals surface area (Å²) in [6, 6.07) is 16.9. The quantitative estimate of drug-likeness (QED) is 0.407. The lowest BCUT2D eigenvalue weighted by Crippen LogP contribution is -2.07. The van der Waals surface area contributed by atoms with Gasteiger partial charge in [-0.1, -0.05) is 55.2 Å². The van der Waals surface area contributed by atoms with E-state index < -0.39 is 0 Å². The molecule has 2 heterocycles. The van der Waals surface area contributed by atoms with E-state index in [1.807, 2.05) is 62.4 Å². The monoisotopic (exact) mass is 413 g/mol. The highest BCUT2D eigenvalue weighted by Crippen LogP contribution is 2.25. The Bertz CT molecular complexity index is 1070. The molecule has 0 aliphatic heterocycles. The van der Waals surface area contributed by atoms with Gasteiger partial charge < -0.3 is 11.1 Å². The third kappa shape index (κ3) is 4.38. The van der Waals surface area contributed by atoms with Crippen LogP contribution < -0.4 is 11.1 Å². The van der Waals surface area contributed by atoms with Gasteiger partial charge in [-0.15, -0.1) is 0 Å². The summed E-state index contributed by atoms with van der Waals surface area (Å²) in [5.74, 6) is 0.817. The van der Waals surface area contributed by atoms with Crippen molar-refractivity contribution in [3.05, 3.63) is 76.4 Å². The van der Waals surface area contributed by atoms with Crippen LogP contribution in [0.25, 0.3) is 16.9 Å². The van der Waals surface area contributed by atoms with Gasteiger partial charge in [-0.2, -0.15) is 9.61 Å². The third-order valence-electron chi connectivity index (χ3n) is 4.04. The van der Waals surface area contributed by atoms with Crippen LogP contribution in [0.15, 0.2) is 60.8 Å². The van der Waals surface area contributed by atoms with Gasteiger partial charge in [0.1, 0.15) is 5.82 Å². The molecule has 0 bridgehead atoms. The van der Waals surface area contributed by atoms with E-state index in [9.17, 15) is 0 Å². The average Bonchev–Trinajstić information content (AvgIpc) is 3.18. The Morgan fingerprint density at radius 1 is 1.00 bits per heavy atom. The van der Waals surface area contributed by atoms with Gasteiger partial charge in [-0.3, -0.25) is 0 Å². The first-order valence-corrected chi connectivity index (χ1v) is 9.74. The van der Waals surface area contributed by atoms with Crippen LogP contribution in [0.5, 0.6) is 0 Å². The number of nitrogens with zero attached hydrogens (tertiary/aromatic N) is 3. The molecule has 144 valence electrons. The Kier molecular flexibility index (Phi) is 6.39. The van der Waals surface area contributed by atoms with Crippen molar-refractivity contribution in [2.24, 2.45) is 0 Å². The number of rotatable bonds is 4. The predicted molar refractivity (Wildman–Crippen MR) is 118 cm³/mol. The standard InChI is InChI=1S/C19H15Cl2N5.C2H6/c20-14-4-1-13(16(21)9-14)11-23-19-10-17(12-2-5-15(22)6-3-12)25-18-7-8-24-26(18)19;1-2/h1-10,23H,11,22H2;1-2H3. The number of aromatic nitrogens is 3. The molecular formula is C21H21Cl2N5. The van der Waals surface area contributed by atoms with Gasteiger partial charge in [0.2, 0.25) is 0 Å². The van der Waals surface area contributed by atoms with E-state index >= 15 is 0 Å². The van der Waals surface area contributed by atoms with Crippen molar-refractivity contribution >= 4 is 40.4 Å². The van der Waals surface area contributed by atoms with E-state index in [2.05, 4.69) is 15.4 Å². The smallest absolute Gasteiger partial charge is 0.157 e. The molecule has 0 fully saturated rings. The number of halogens is 2. The lowest BCUT2D eigenvalue weighted by molar-refractivity contribution is 0.927. The molecule has 4 aromatic rings. The molecule has 4 rings (SSSR count). The minimum atomic E-state index is 0.538. The summed E-state index contributed by atoms with van der Waals surface area (Å²) in [6.07, 6.45) is 1.72. The zero-order valence-electron chi connectivity index (χ0n) is 15.7. The first-order chi connectivity index (χ1) is 13.6. The number of nitrogen functional groups attached to an aromatic ring is 1. The second kappa shape index (κ2) is 8.95. The third-order valence-corrected chi connectivity index (χ3v) is 4.63. The summed E-state index contributed by atoms with van der Waals surface area (Å²) in [7, 11) is 0. The van der Waals surface area contributed by atoms with E-state index in [-0.39, 0.29) is 0 Å².